The Bertz CT molecular complexity index is 500. The molecule has 0 aliphatic carbocycles. The van der Waals surface area contributed by atoms with Crippen LogP contribution in [-0.4, -0.2) is 30.1 Å². The molecule has 1 amide bonds. The number of carbonyl (C=O) groups is 2. The number of methoxy groups -OCH3 is 1. The van der Waals surface area contributed by atoms with Crippen LogP contribution in [0.2, 0.25) is 0 Å². The highest BCUT2D eigenvalue weighted by molar-refractivity contribution is 5.94. The molecule has 0 radical (unpaired) electrons. The minimum atomic E-state index is -1.08. The number of carboxylic acids is 1. The molecule has 1 aromatic carbocycles. The number of carbonyl (C=O) groups excluding carboxylic acids is 1. The van der Waals surface area contributed by atoms with Gasteiger partial charge >= 0.3 is 5.97 Å². The van der Waals surface area contributed by atoms with E-state index in [1.54, 1.807) is 0 Å². The first-order valence-corrected chi connectivity index (χ1v) is 6.32. The van der Waals surface area contributed by atoms with E-state index in [-0.39, 0.29) is 35.6 Å². The lowest BCUT2D eigenvalue weighted by Crippen LogP contribution is -2.31. The molecule has 0 heterocycles. The lowest BCUT2D eigenvalue weighted by atomic mass is 10.0. The summed E-state index contributed by atoms with van der Waals surface area (Å²) in [5, 5.41) is 11.6. The van der Waals surface area contributed by atoms with Gasteiger partial charge in [0.05, 0.1) is 7.11 Å². The van der Waals surface area contributed by atoms with Gasteiger partial charge in [0.25, 0.3) is 0 Å². The number of hydrogen-bond acceptors (Lipinski definition) is 4. The van der Waals surface area contributed by atoms with Crippen LogP contribution in [0.25, 0.3) is 0 Å². The van der Waals surface area contributed by atoms with Crippen LogP contribution < -0.4 is 15.8 Å². The van der Waals surface area contributed by atoms with Crippen molar-refractivity contribution in [2.24, 2.45) is 11.7 Å². The van der Waals surface area contributed by atoms with Gasteiger partial charge in [-0.2, -0.15) is 0 Å². The predicted octanol–water partition coefficient (Wildman–Crippen LogP) is 1.71. The van der Waals surface area contributed by atoms with Crippen LogP contribution in [0, 0.1) is 5.92 Å². The van der Waals surface area contributed by atoms with E-state index in [1.807, 2.05) is 13.8 Å². The molecule has 1 unspecified atom stereocenters. The third-order valence-electron chi connectivity index (χ3n) is 2.99. The summed E-state index contributed by atoms with van der Waals surface area (Å²) < 4.78 is 4.99. The highest BCUT2D eigenvalue weighted by Crippen LogP contribution is 2.23. The number of ether oxygens (including phenoxy) is 1. The molecule has 0 saturated carbocycles. The molecule has 0 aromatic heterocycles. The molecule has 4 N–H and O–H groups in total. The Labute approximate surface area is 117 Å². The van der Waals surface area contributed by atoms with Crippen LogP contribution in [-0.2, 0) is 4.79 Å². The van der Waals surface area contributed by atoms with Crippen molar-refractivity contribution in [1.29, 1.82) is 0 Å². The summed E-state index contributed by atoms with van der Waals surface area (Å²) >= 11 is 0. The van der Waals surface area contributed by atoms with E-state index in [0.717, 1.165) is 0 Å². The lowest BCUT2D eigenvalue weighted by molar-refractivity contribution is -0.116. The Morgan fingerprint density at radius 2 is 2.05 bits per heavy atom. The molecule has 6 nitrogen and oxygen atoms in total. The van der Waals surface area contributed by atoms with Crippen LogP contribution in [0.5, 0.6) is 5.75 Å². The summed E-state index contributed by atoms with van der Waals surface area (Å²) in [6.07, 6.45) is 0.209. The summed E-state index contributed by atoms with van der Waals surface area (Å²) in [6, 6.07) is 4.17. The summed E-state index contributed by atoms with van der Waals surface area (Å²) in [5.41, 5.74) is 6.35. The topological polar surface area (TPSA) is 102 Å². The third-order valence-corrected chi connectivity index (χ3v) is 2.99. The van der Waals surface area contributed by atoms with Crippen LogP contribution in [0.3, 0.4) is 0 Å². The average molecular weight is 280 g/mol. The van der Waals surface area contributed by atoms with Gasteiger partial charge in [-0.1, -0.05) is 13.8 Å². The van der Waals surface area contributed by atoms with Gasteiger partial charge < -0.3 is 20.9 Å². The van der Waals surface area contributed by atoms with Gasteiger partial charge in [0.15, 0.2) is 0 Å². The number of nitrogens with two attached hydrogens (primary N) is 1. The first-order chi connectivity index (χ1) is 9.35. The molecule has 20 heavy (non-hydrogen) atoms. The standard InChI is InChI=1S/C14H20N2O4/c1-8(2)11(15)7-13(17)16-9-4-5-10(14(18)19)12(6-9)20-3/h4-6,8,11H,7,15H2,1-3H3,(H,16,17)(H,18,19). The highest BCUT2D eigenvalue weighted by Gasteiger charge is 2.15. The maximum absolute atomic E-state index is 11.8. The number of benzene rings is 1. The Kier molecular flexibility index (Phi) is 5.52. The second-order valence-corrected chi connectivity index (χ2v) is 4.88. The zero-order valence-electron chi connectivity index (χ0n) is 11.8. The predicted molar refractivity (Wildman–Crippen MR) is 76.0 cm³/mol. The van der Waals surface area contributed by atoms with Crippen molar-refractivity contribution in [3.8, 4) is 5.75 Å². The molecule has 0 spiro atoms. The Hall–Kier alpha value is -2.08. The molecular formula is C14H20N2O4. The van der Waals surface area contributed by atoms with Crippen molar-refractivity contribution in [3.05, 3.63) is 23.8 Å². The van der Waals surface area contributed by atoms with Crippen LogP contribution in [0.4, 0.5) is 5.69 Å². The Morgan fingerprint density at radius 1 is 1.40 bits per heavy atom. The number of rotatable bonds is 6. The van der Waals surface area contributed by atoms with Crippen molar-refractivity contribution in [1.82, 2.24) is 0 Å². The van der Waals surface area contributed by atoms with E-state index in [9.17, 15) is 9.59 Å². The molecule has 6 heteroatoms. The third kappa shape index (κ3) is 4.24. The molecule has 0 saturated heterocycles. The fourth-order valence-electron chi connectivity index (χ4n) is 1.61. The van der Waals surface area contributed by atoms with E-state index in [1.165, 1.54) is 25.3 Å². The number of anilines is 1. The molecular weight excluding hydrogens is 260 g/mol. The summed E-state index contributed by atoms with van der Waals surface area (Å²) in [7, 11) is 1.38. The van der Waals surface area contributed by atoms with Gasteiger partial charge in [0.1, 0.15) is 11.3 Å². The average Bonchev–Trinajstić information content (AvgIpc) is 2.37. The molecule has 1 aromatic rings. The minimum absolute atomic E-state index is 0.0457. The monoisotopic (exact) mass is 280 g/mol. The van der Waals surface area contributed by atoms with Gasteiger partial charge in [-0.25, -0.2) is 4.79 Å². The van der Waals surface area contributed by atoms with Gasteiger partial charge in [-0.15, -0.1) is 0 Å². The van der Waals surface area contributed by atoms with Gasteiger partial charge in [-0.05, 0) is 18.1 Å². The largest absolute Gasteiger partial charge is 0.496 e. The second-order valence-electron chi connectivity index (χ2n) is 4.88. The molecule has 0 aliphatic heterocycles. The van der Waals surface area contributed by atoms with E-state index < -0.39 is 5.97 Å². The molecule has 0 bridgehead atoms. The summed E-state index contributed by atoms with van der Waals surface area (Å²) in [4.78, 5) is 22.7. The molecule has 0 fully saturated rings. The fraction of sp³-hybridized carbons (Fsp3) is 0.429. The summed E-state index contributed by atoms with van der Waals surface area (Å²) in [6.45, 7) is 3.89. The molecule has 1 rings (SSSR count). The number of hydrogen-bond donors (Lipinski definition) is 3. The van der Waals surface area contributed by atoms with Gasteiger partial charge in [0.2, 0.25) is 5.91 Å². The second kappa shape index (κ2) is 6.91. The highest BCUT2D eigenvalue weighted by atomic mass is 16.5. The lowest BCUT2D eigenvalue weighted by Gasteiger charge is -2.15. The maximum Gasteiger partial charge on any atom is 0.339 e. The minimum Gasteiger partial charge on any atom is -0.496 e. The van der Waals surface area contributed by atoms with Crippen molar-refractivity contribution < 1.29 is 19.4 Å². The van der Waals surface area contributed by atoms with Crippen LogP contribution >= 0.6 is 0 Å². The fourth-order valence-corrected chi connectivity index (χ4v) is 1.61. The van der Waals surface area contributed by atoms with Crippen molar-refractivity contribution in [2.75, 3.05) is 12.4 Å². The quantitative estimate of drug-likeness (QED) is 0.736. The summed E-state index contributed by atoms with van der Waals surface area (Å²) in [5.74, 6) is -0.883. The van der Waals surface area contributed by atoms with E-state index >= 15 is 0 Å². The maximum atomic E-state index is 11.8. The molecule has 1 atom stereocenters. The van der Waals surface area contributed by atoms with Gasteiger partial charge in [0, 0.05) is 24.2 Å². The number of nitrogens with one attached hydrogen (secondary N) is 1. The number of amides is 1. The van der Waals surface area contributed by atoms with E-state index in [0.29, 0.717) is 5.69 Å². The van der Waals surface area contributed by atoms with Crippen molar-refractivity contribution in [3.63, 3.8) is 0 Å². The molecule has 110 valence electrons. The van der Waals surface area contributed by atoms with Crippen molar-refractivity contribution in [2.45, 2.75) is 26.3 Å². The normalized spacial score (nSPS) is 12.1. The van der Waals surface area contributed by atoms with Gasteiger partial charge in [-0.3, -0.25) is 4.79 Å². The van der Waals surface area contributed by atoms with Crippen molar-refractivity contribution >= 4 is 17.6 Å². The SMILES string of the molecule is COc1cc(NC(=O)CC(N)C(C)C)ccc1C(=O)O. The zero-order chi connectivity index (χ0) is 15.3. The Balaban J connectivity index is 2.78. The Morgan fingerprint density at radius 3 is 2.55 bits per heavy atom. The smallest absolute Gasteiger partial charge is 0.339 e. The molecule has 0 aliphatic rings. The zero-order valence-corrected chi connectivity index (χ0v) is 11.8. The van der Waals surface area contributed by atoms with Crippen LogP contribution in [0.1, 0.15) is 30.6 Å². The van der Waals surface area contributed by atoms with E-state index in [2.05, 4.69) is 5.32 Å². The first-order valence-electron chi connectivity index (χ1n) is 6.32. The first kappa shape index (κ1) is 16.0. The van der Waals surface area contributed by atoms with Crippen LogP contribution in [0.15, 0.2) is 18.2 Å². The number of carboxylic acid groups (broad SMARTS) is 1. The number of aromatic carboxylic acids is 1. The van der Waals surface area contributed by atoms with E-state index in [4.69, 9.17) is 15.6 Å².